The average molecular weight is 236 g/mol. The van der Waals surface area contributed by atoms with Crippen LogP contribution in [-0.2, 0) is 9.53 Å². The van der Waals surface area contributed by atoms with Gasteiger partial charge in [-0.3, -0.25) is 4.79 Å². The molecule has 1 saturated heterocycles. The van der Waals surface area contributed by atoms with E-state index in [2.05, 4.69) is 19.2 Å². The van der Waals surface area contributed by atoms with E-state index in [1.165, 1.54) is 0 Å². The molecule has 1 aliphatic rings. The summed E-state index contributed by atoms with van der Waals surface area (Å²) >= 11 is 0. The molecule has 1 heterocycles. The number of hydrogen-bond donors (Lipinski definition) is 1. The summed E-state index contributed by atoms with van der Waals surface area (Å²) in [4.78, 5) is 11.9. The second-order valence-corrected chi connectivity index (χ2v) is 4.31. The van der Waals surface area contributed by atoms with Crippen molar-refractivity contribution in [3.8, 4) is 0 Å². The first-order chi connectivity index (χ1) is 6.63. The minimum atomic E-state index is -0.283. The van der Waals surface area contributed by atoms with E-state index in [9.17, 15) is 4.79 Å². The molecule has 1 N–H and O–H groups in total. The Balaban J connectivity index is 0.00000196. The van der Waals surface area contributed by atoms with Crippen LogP contribution in [0.4, 0.5) is 0 Å². The number of ether oxygens (including phenoxy) is 1. The maximum Gasteiger partial charge on any atom is 0.313 e. The van der Waals surface area contributed by atoms with Crippen molar-refractivity contribution in [1.29, 1.82) is 0 Å². The number of carbonyl (C=O) groups excluding carboxylic acids is 1. The second kappa shape index (κ2) is 6.33. The lowest BCUT2D eigenvalue weighted by atomic mass is 9.72. The highest BCUT2D eigenvalue weighted by Gasteiger charge is 2.43. The van der Waals surface area contributed by atoms with Gasteiger partial charge in [-0.25, -0.2) is 0 Å². The summed E-state index contributed by atoms with van der Waals surface area (Å²) in [6.45, 7) is 8.33. The summed E-state index contributed by atoms with van der Waals surface area (Å²) in [5.41, 5.74) is -0.283. The van der Waals surface area contributed by atoms with E-state index < -0.39 is 0 Å². The minimum Gasteiger partial charge on any atom is -0.466 e. The van der Waals surface area contributed by atoms with Crippen LogP contribution >= 0.6 is 12.4 Å². The zero-order valence-corrected chi connectivity index (χ0v) is 10.7. The van der Waals surface area contributed by atoms with Crippen LogP contribution in [0.1, 0.15) is 33.6 Å². The van der Waals surface area contributed by atoms with Crippen molar-refractivity contribution in [2.24, 2.45) is 11.3 Å². The molecule has 0 radical (unpaired) electrons. The third-order valence-corrected chi connectivity index (χ3v) is 3.20. The zero-order valence-electron chi connectivity index (χ0n) is 9.84. The molecule has 4 heteroatoms. The highest BCUT2D eigenvalue weighted by molar-refractivity contribution is 5.85. The van der Waals surface area contributed by atoms with Gasteiger partial charge < -0.3 is 10.1 Å². The van der Waals surface area contributed by atoms with Crippen molar-refractivity contribution in [2.45, 2.75) is 33.6 Å². The van der Waals surface area contributed by atoms with E-state index in [4.69, 9.17) is 4.74 Å². The molecule has 0 bridgehead atoms. The van der Waals surface area contributed by atoms with Gasteiger partial charge in [-0.1, -0.05) is 13.8 Å². The Morgan fingerprint density at radius 2 is 2.20 bits per heavy atom. The van der Waals surface area contributed by atoms with Gasteiger partial charge in [-0.2, -0.15) is 0 Å². The number of carbonyl (C=O) groups is 1. The molecular weight excluding hydrogens is 214 g/mol. The second-order valence-electron chi connectivity index (χ2n) is 4.31. The molecule has 1 fully saturated rings. The van der Waals surface area contributed by atoms with Gasteiger partial charge in [0.15, 0.2) is 0 Å². The summed E-state index contributed by atoms with van der Waals surface area (Å²) < 4.78 is 5.17. The Kier molecular flexibility index (Phi) is 6.22. The topological polar surface area (TPSA) is 38.3 Å². The molecular formula is C11H22ClNO2. The van der Waals surface area contributed by atoms with Crippen molar-refractivity contribution in [1.82, 2.24) is 5.32 Å². The zero-order chi connectivity index (χ0) is 10.6. The lowest BCUT2D eigenvalue weighted by Gasteiger charge is -2.38. The Hall–Kier alpha value is -0.280. The normalized spacial score (nSPS) is 25.9. The lowest BCUT2D eigenvalue weighted by molar-refractivity contribution is -0.159. The number of piperidine rings is 1. The van der Waals surface area contributed by atoms with E-state index in [-0.39, 0.29) is 23.8 Å². The molecule has 1 rings (SSSR count). The molecule has 3 nitrogen and oxygen atoms in total. The van der Waals surface area contributed by atoms with Crippen LogP contribution in [0.5, 0.6) is 0 Å². The van der Waals surface area contributed by atoms with Gasteiger partial charge in [0.1, 0.15) is 0 Å². The summed E-state index contributed by atoms with van der Waals surface area (Å²) in [7, 11) is 0. The molecule has 0 aliphatic carbocycles. The standard InChI is InChI=1S/C11H21NO2.ClH/c1-4-14-10(13)11(9(2)3)6-5-7-12-8-11;/h9,12H,4-8H2,1-3H3;1H. The Bertz CT molecular complexity index is 201. The Labute approximate surface area is 98.4 Å². The third kappa shape index (κ3) is 3.08. The van der Waals surface area contributed by atoms with E-state index in [1.807, 2.05) is 6.92 Å². The smallest absolute Gasteiger partial charge is 0.313 e. The predicted molar refractivity (Wildman–Crippen MR) is 63.3 cm³/mol. The van der Waals surface area contributed by atoms with Gasteiger partial charge in [0, 0.05) is 6.54 Å². The molecule has 0 aromatic carbocycles. The van der Waals surface area contributed by atoms with Crippen molar-refractivity contribution >= 4 is 18.4 Å². The highest BCUT2D eigenvalue weighted by atomic mass is 35.5. The van der Waals surface area contributed by atoms with Gasteiger partial charge >= 0.3 is 5.97 Å². The van der Waals surface area contributed by atoms with Crippen molar-refractivity contribution in [3.05, 3.63) is 0 Å². The van der Waals surface area contributed by atoms with Crippen molar-refractivity contribution in [3.63, 3.8) is 0 Å². The third-order valence-electron chi connectivity index (χ3n) is 3.20. The quantitative estimate of drug-likeness (QED) is 0.761. The fourth-order valence-electron chi connectivity index (χ4n) is 2.11. The summed E-state index contributed by atoms with van der Waals surface area (Å²) in [6, 6.07) is 0. The van der Waals surface area contributed by atoms with E-state index in [0.717, 1.165) is 25.9 Å². The number of halogens is 1. The molecule has 0 amide bonds. The van der Waals surface area contributed by atoms with Crippen LogP contribution in [0.15, 0.2) is 0 Å². The van der Waals surface area contributed by atoms with Gasteiger partial charge in [0.25, 0.3) is 0 Å². The van der Waals surface area contributed by atoms with Crippen LogP contribution in [0, 0.1) is 11.3 Å². The molecule has 1 aliphatic heterocycles. The van der Waals surface area contributed by atoms with Gasteiger partial charge in [-0.15, -0.1) is 12.4 Å². The summed E-state index contributed by atoms with van der Waals surface area (Å²) in [5, 5.41) is 3.30. The van der Waals surface area contributed by atoms with Gasteiger partial charge in [0.2, 0.25) is 0 Å². The molecule has 0 aromatic heterocycles. The molecule has 1 atom stereocenters. The molecule has 90 valence electrons. The number of hydrogen-bond acceptors (Lipinski definition) is 3. The largest absolute Gasteiger partial charge is 0.466 e. The van der Waals surface area contributed by atoms with Crippen LogP contribution in [0.2, 0.25) is 0 Å². The summed E-state index contributed by atoms with van der Waals surface area (Å²) in [6.07, 6.45) is 2.02. The highest BCUT2D eigenvalue weighted by Crippen LogP contribution is 2.35. The molecule has 15 heavy (non-hydrogen) atoms. The van der Waals surface area contributed by atoms with Crippen LogP contribution in [-0.4, -0.2) is 25.7 Å². The molecule has 0 aromatic rings. The maximum absolute atomic E-state index is 11.9. The van der Waals surface area contributed by atoms with E-state index >= 15 is 0 Å². The molecule has 0 saturated carbocycles. The minimum absolute atomic E-state index is 0. The monoisotopic (exact) mass is 235 g/mol. The Morgan fingerprint density at radius 1 is 1.53 bits per heavy atom. The van der Waals surface area contributed by atoms with E-state index in [0.29, 0.717) is 12.5 Å². The lowest BCUT2D eigenvalue weighted by Crippen LogP contribution is -2.49. The SMILES string of the molecule is CCOC(=O)C1(C(C)C)CCCNC1.Cl. The Morgan fingerprint density at radius 3 is 2.60 bits per heavy atom. The van der Waals surface area contributed by atoms with Crippen LogP contribution in [0.25, 0.3) is 0 Å². The number of nitrogens with one attached hydrogen (secondary N) is 1. The van der Waals surface area contributed by atoms with Crippen molar-refractivity contribution in [2.75, 3.05) is 19.7 Å². The molecule has 0 spiro atoms. The fraction of sp³-hybridized carbons (Fsp3) is 0.909. The number of rotatable bonds is 3. The first-order valence-corrected chi connectivity index (χ1v) is 5.51. The van der Waals surface area contributed by atoms with Crippen LogP contribution < -0.4 is 5.32 Å². The van der Waals surface area contributed by atoms with Crippen molar-refractivity contribution < 1.29 is 9.53 Å². The molecule has 1 unspecified atom stereocenters. The fourth-order valence-corrected chi connectivity index (χ4v) is 2.11. The number of esters is 1. The maximum atomic E-state index is 11.9. The van der Waals surface area contributed by atoms with Gasteiger partial charge in [0.05, 0.1) is 12.0 Å². The average Bonchev–Trinajstić information content (AvgIpc) is 2.19. The van der Waals surface area contributed by atoms with E-state index in [1.54, 1.807) is 0 Å². The van der Waals surface area contributed by atoms with Crippen LogP contribution in [0.3, 0.4) is 0 Å². The summed E-state index contributed by atoms with van der Waals surface area (Å²) in [5.74, 6) is 0.316. The first kappa shape index (κ1) is 14.7. The van der Waals surface area contributed by atoms with Gasteiger partial charge in [-0.05, 0) is 32.2 Å². The first-order valence-electron chi connectivity index (χ1n) is 5.51. The predicted octanol–water partition coefficient (Wildman–Crippen LogP) is 2.00.